The van der Waals surface area contributed by atoms with Gasteiger partial charge in [0.15, 0.2) is 0 Å². The summed E-state index contributed by atoms with van der Waals surface area (Å²) in [4.78, 5) is 35.5. The van der Waals surface area contributed by atoms with Gasteiger partial charge in [-0.1, -0.05) is 11.6 Å². The number of nitro benzene ring substituents is 1. The van der Waals surface area contributed by atoms with Crippen molar-refractivity contribution in [3.05, 3.63) is 63.2 Å². The second-order valence-corrected chi connectivity index (χ2v) is 6.01. The fraction of sp³-hybridized carbons (Fsp3) is 0.176. The van der Waals surface area contributed by atoms with Gasteiger partial charge in [0, 0.05) is 37.1 Å². The highest BCUT2D eigenvalue weighted by molar-refractivity contribution is 6.32. The zero-order chi connectivity index (χ0) is 19.3. The largest absolute Gasteiger partial charge is 0.376 e. The first-order valence-electron chi connectivity index (χ1n) is 7.57. The van der Waals surface area contributed by atoms with E-state index in [0.29, 0.717) is 16.9 Å². The van der Waals surface area contributed by atoms with Crippen LogP contribution in [0.2, 0.25) is 5.02 Å². The summed E-state index contributed by atoms with van der Waals surface area (Å²) >= 11 is 5.74. The number of nitrogens with zero attached hydrogens (tertiary/aromatic N) is 2. The summed E-state index contributed by atoms with van der Waals surface area (Å²) in [5.74, 6) is -0.469. The van der Waals surface area contributed by atoms with Crippen LogP contribution in [-0.2, 0) is 4.79 Å². The van der Waals surface area contributed by atoms with Gasteiger partial charge in [-0.3, -0.25) is 19.7 Å². The lowest BCUT2D eigenvalue weighted by molar-refractivity contribution is -0.384. The molecule has 8 nitrogen and oxygen atoms in total. The van der Waals surface area contributed by atoms with Crippen LogP contribution in [-0.4, -0.2) is 42.3 Å². The molecule has 0 aliphatic carbocycles. The third kappa shape index (κ3) is 4.93. The molecule has 136 valence electrons. The first-order valence-corrected chi connectivity index (χ1v) is 7.95. The van der Waals surface area contributed by atoms with E-state index < -0.39 is 4.92 Å². The molecule has 2 aromatic rings. The van der Waals surface area contributed by atoms with Crippen molar-refractivity contribution >= 4 is 40.5 Å². The van der Waals surface area contributed by atoms with Crippen LogP contribution < -0.4 is 10.6 Å². The highest BCUT2D eigenvalue weighted by atomic mass is 35.5. The topological polar surface area (TPSA) is 105 Å². The Morgan fingerprint density at radius 1 is 1.12 bits per heavy atom. The second kappa shape index (κ2) is 8.30. The molecule has 0 heterocycles. The van der Waals surface area contributed by atoms with Gasteiger partial charge < -0.3 is 15.5 Å². The number of anilines is 2. The molecule has 0 aliphatic rings. The minimum absolute atomic E-state index is 0.0253. The van der Waals surface area contributed by atoms with E-state index in [1.54, 1.807) is 44.4 Å². The number of rotatable bonds is 6. The molecule has 0 saturated carbocycles. The Labute approximate surface area is 154 Å². The van der Waals surface area contributed by atoms with Crippen molar-refractivity contribution < 1.29 is 14.5 Å². The lowest BCUT2D eigenvalue weighted by Gasteiger charge is -2.11. The molecule has 0 radical (unpaired) electrons. The Morgan fingerprint density at radius 3 is 2.31 bits per heavy atom. The highest BCUT2D eigenvalue weighted by Crippen LogP contribution is 2.27. The maximum absolute atomic E-state index is 12.0. The average molecular weight is 377 g/mol. The molecule has 2 N–H and O–H groups in total. The molecule has 26 heavy (non-hydrogen) atoms. The lowest BCUT2D eigenvalue weighted by atomic mass is 10.2. The summed E-state index contributed by atoms with van der Waals surface area (Å²) in [7, 11) is 3.32. The number of carbonyl (C=O) groups is 2. The number of amides is 2. The first-order chi connectivity index (χ1) is 12.3. The molecule has 2 amide bonds. The van der Waals surface area contributed by atoms with Crippen LogP contribution in [0.25, 0.3) is 0 Å². The molecule has 9 heteroatoms. The van der Waals surface area contributed by atoms with Gasteiger partial charge in [0.25, 0.3) is 11.6 Å². The third-order valence-corrected chi connectivity index (χ3v) is 3.74. The summed E-state index contributed by atoms with van der Waals surface area (Å²) in [6, 6.07) is 10.7. The van der Waals surface area contributed by atoms with E-state index in [-0.39, 0.29) is 29.1 Å². The molecule has 0 fully saturated rings. The minimum Gasteiger partial charge on any atom is -0.376 e. The molecule has 0 saturated heterocycles. The molecule has 0 bridgehead atoms. The number of benzene rings is 2. The predicted molar refractivity (Wildman–Crippen MR) is 99.7 cm³/mol. The van der Waals surface area contributed by atoms with E-state index in [1.807, 2.05) is 0 Å². The number of hydrogen-bond donors (Lipinski definition) is 2. The summed E-state index contributed by atoms with van der Waals surface area (Å²) in [5.41, 5.74) is 1.22. The first kappa shape index (κ1) is 19.2. The summed E-state index contributed by atoms with van der Waals surface area (Å²) in [6.45, 7) is -0.0861. The molecule has 2 aromatic carbocycles. The zero-order valence-electron chi connectivity index (χ0n) is 14.2. The van der Waals surface area contributed by atoms with Gasteiger partial charge in [-0.05, 0) is 36.4 Å². The summed E-state index contributed by atoms with van der Waals surface area (Å²) in [6.07, 6.45) is 0. The van der Waals surface area contributed by atoms with E-state index in [1.165, 1.54) is 17.0 Å². The van der Waals surface area contributed by atoms with Crippen molar-refractivity contribution in [2.24, 2.45) is 0 Å². The van der Waals surface area contributed by atoms with Crippen molar-refractivity contribution in [2.45, 2.75) is 0 Å². The van der Waals surface area contributed by atoms with Crippen LogP contribution >= 0.6 is 11.6 Å². The van der Waals surface area contributed by atoms with Gasteiger partial charge in [-0.2, -0.15) is 0 Å². The molecule has 0 spiro atoms. The van der Waals surface area contributed by atoms with Crippen molar-refractivity contribution in [3.63, 3.8) is 0 Å². The van der Waals surface area contributed by atoms with Gasteiger partial charge in [0.2, 0.25) is 5.91 Å². The second-order valence-electron chi connectivity index (χ2n) is 5.60. The van der Waals surface area contributed by atoms with Gasteiger partial charge in [0.1, 0.15) is 5.02 Å². The van der Waals surface area contributed by atoms with Crippen LogP contribution in [0.3, 0.4) is 0 Å². The SMILES string of the molecule is CN(C)C(=O)c1ccc(NC(=O)CNc2ccc(Cl)c([N+](=O)[O-])c2)cc1. The number of nitro groups is 1. The van der Waals surface area contributed by atoms with Crippen LogP contribution in [0.1, 0.15) is 10.4 Å². The van der Waals surface area contributed by atoms with Gasteiger partial charge in [-0.25, -0.2) is 0 Å². The van der Waals surface area contributed by atoms with Gasteiger partial charge in [-0.15, -0.1) is 0 Å². The van der Waals surface area contributed by atoms with Crippen LogP contribution in [0.5, 0.6) is 0 Å². The van der Waals surface area contributed by atoms with Crippen LogP contribution in [0.15, 0.2) is 42.5 Å². The Kier molecular flexibility index (Phi) is 6.13. The standard InChI is InChI=1S/C17H17ClN4O4/c1-21(2)17(24)11-3-5-12(6-4-11)20-16(23)10-19-13-7-8-14(18)15(9-13)22(25)26/h3-9,19H,10H2,1-2H3,(H,20,23). The van der Waals surface area contributed by atoms with E-state index in [4.69, 9.17) is 11.6 Å². The normalized spacial score (nSPS) is 10.1. The molecule has 0 unspecified atom stereocenters. The number of halogens is 1. The number of nitrogens with one attached hydrogen (secondary N) is 2. The molecular formula is C17H17ClN4O4. The fourth-order valence-corrected chi connectivity index (χ4v) is 2.29. The zero-order valence-corrected chi connectivity index (χ0v) is 14.9. The van der Waals surface area contributed by atoms with E-state index in [2.05, 4.69) is 10.6 Å². The number of hydrogen-bond acceptors (Lipinski definition) is 5. The Morgan fingerprint density at radius 2 is 1.73 bits per heavy atom. The van der Waals surface area contributed by atoms with Crippen molar-refractivity contribution in [1.29, 1.82) is 0 Å². The van der Waals surface area contributed by atoms with E-state index >= 15 is 0 Å². The van der Waals surface area contributed by atoms with Crippen molar-refractivity contribution in [1.82, 2.24) is 4.90 Å². The fourth-order valence-electron chi connectivity index (χ4n) is 2.10. The third-order valence-electron chi connectivity index (χ3n) is 3.42. The quantitative estimate of drug-likeness (QED) is 0.595. The number of carbonyl (C=O) groups excluding carboxylic acids is 2. The molecule has 0 aromatic heterocycles. The van der Waals surface area contributed by atoms with Crippen LogP contribution in [0, 0.1) is 10.1 Å². The van der Waals surface area contributed by atoms with Gasteiger partial charge in [0.05, 0.1) is 11.5 Å². The highest BCUT2D eigenvalue weighted by Gasteiger charge is 2.13. The Bertz CT molecular complexity index is 837. The predicted octanol–water partition coefficient (Wildman–Crippen LogP) is 3.00. The Balaban J connectivity index is 1.94. The monoisotopic (exact) mass is 376 g/mol. The molecule has 0 atom stereocenters. The van der Waals surface area contributed by atoms with Crippen LogP contribution in [0.4, 0.5) is 17.1 Å². The van der Waals surface area contributed by atoms with Crippen molar-refractivity contribution in [2.75, 3.05) is 31.3 Å². The van der Waals surface area contributed by atoms with Gasteiger partial charge >= 0.3 is 0 Å². The lowest BCUT2D eigenvalue weighted by Crippen LogP contribution is -2.23. The average Bonchev–Trinajstić information content (AvgIpc) is 2.60. The summed E-state index contributed by atoms with van der Waals surface area (Å²) in [5, 5.41) is 16.3. The van der Waals surface area contributed by atoms with E-state index in [9.17, 15) is 19.7 Å². The molecular weight excluding hydrogens is 360 g/mol. The Hall–Kier alpha value is -3.13. The molecule has 2 rings (SSSR count). The molecule has 0 aliphatic heterocycles. The maximum Gasteiger partial charge on any atom is 0.289 e. The van der Waals surface area contributed by atoms with Crippen molar-refractivity contribution in [3.8, 4) is 0 Å². The smallest absolute Gasteiger partial charge is 0.289 e. The maximum atomic E-state index is 12.0. The minimum atomic E-state index is -0.593. The summed E-state index contributed by atoms with van der Waals surface area (Å²) < 4.78 is 0. The van der Waals surface area contributed by atoms with E-state index in [0.717, 1.165) is 0 Å².